The highest BCUT2D eigenvalue weighted by molar-refractivity contribution is 5.95. The fourth-order valence-electron chi connectivity index (χ4n) is 2.91. The standard InChI is InChI=1S/C17H20N2O4/c20-15(10-1-2-10)18-13-5-7-14(8-6-13)19-16(21)11-3-4-12(9-11)17(22)23/h5-8,10-12H,1-4,9H2,(H,18,20)(H,19,21)(H,22,23)/t11-,12+/m0/s1. The predicted octanol–water partition coefficient (Wildman–Crippen LogP) is 2.47. The van der Waals surface area contributed by atoms with Crippen molar-refractivity contribution in [2.24, 2.45) is 17.8 Å². The molecule has 122 valence electrons. The highest BCUT2D eigenvalue weighted by atomic mass is 16.4. The van der Waals surface area contributed by atoms with Crippen LogP contribution in [0.25, 0.3) is 0 Å². The zero-order valence-electron chi connectivity index (χ0n) is 12.7. The van der Waals surface area contributed by atoms with Gasteiger partial charge in [-0.1, -0.05) is 0 Å². The molecule has 0 heterocycles. The number of hydrogen-bond donors (Lipinski definition) is 3. The molecular formula is C17H20N2O4. The second-order valence-corrected chi connectivity index (χ2v) is 6.38. The average molecular weight is 316 g/mol. The van der Waals surface area contributed by atoms with Crippen molar-refractivity contribution in [2.45, 2.75) is 32.1 Å². The molecule has 6 nitrogen and oxygen atoms in total. The maximum atomic E-state index is 12.2. The molecule has 0 radical (unpaired) electrons. The highest BCUT2D eigenvalue weighted by Gasteiger charge is 2.33. The fraction of sp³-hybridized carbons (Fsp3) is 0.471. The molecule has 2 aliphatic carbocycles. The summed E-state index contributed by atoms with van der Waals surface area (Å²) < 4.78 is 0. The minimum Gasteiger partial charge on any atom is -0.481 e. The van der Waals surface area contributed by atoms with Gasteiger partial charge in [0.05, 0.1) is 5.92 Å². The third-order valence-electron chi connectivity index (χ3n) is 4.52. The summed E-state index contributed by atoms with van der Waals surface area (Å²) in [5, 5.41) is 14.6. The van der Waals surface area contributed by atoms with E-state index in [2.05, 4.69) is 10.6 Å². The lowest BCUT2D eigenvalue weighted by molar-refractivity contribution is -0.141. The molecule has 0 unspecified atom stereocenters. The number of anilines is 2. The van der Waals surface area contributed by atoms with Gasteiger partial charge in [0.25, 0.3) is 0 Å². The van der Waals surface area contributed by atoms with Crippen molar-refractivity contribution >= 4 is 29.2 Å². The molecule has 0 bridgehead atoms. The molecule has 3 N–H and O–H groups in total. The van der Waals surface area contributed by atoms with E-state index in [1.54, 1.807) is 24.3 Å². The Morgan fingerprint density at radius 1 is 0.783 bits per heavy atom. The molecule has 0 aliphatic heterocycles. The Bertz CT molecular complexity index is 622. The van der Waals surface area contributed by atoms with Crippen LogP contribution in [0.3, 0.4) is 0 Å². The summed E-state index contributed by atoms with van der Waals surface area (Å²) >= 11 is 0. The van der Waals surface area contributed by atoms with E-state index in [1.165, 1.54) is 0 Å². The number of benzene rings is 1. The summed E-state index contributed by atoms with van der Waals surface area (Å²) in [6.07, 6.45) is 3.48. The number of carbonyl (C=O) groups is 3. The predicted molar refractivity (Wildman–Crippen MR) is 84.9 cm³/mol. The van der Waals surface area contributed by atoms with Gasteiger partial charge in [0.15, 0.2) is 0 Å². The Labute approximate surface area is 134 Å². The van der Waals surface area contributed by atoms with Gasteiger partial charge in [-0.15, -0.1) is 0 Å². The molecule has 2 aliphatic rings. The number of carboxylic acid groups (broad SMARTS) is 1. The van der Waals surface area contributed by atoms with Crippen LogP contribution in [-0.2, 0) is 14.4 Å². The van der Waals surface area contributed by atoms with Crippen LogP contribution in [-0.4, -0.2) is 22.9 Å². The monoisotopic (exact) mass is 316 g/mol. The van der Waals surface area contributed by atoms with Crippen LogP contribution in [0, 0.1) is 17.8 Å². The molecule has 2 fully saturated rings. The van der Waals surface area contributed by atoms with Crippen molar-refractivity contribution in [3.8, 4) is 0 Å². The second kappa shape index (κ2) is 6.40. The van der Waals surface area contributed by atoms with E-state index in [1.807, 2.05) is 0 Å². The van der Waals surface area contributed by atoms with Crippen molar-refractivity contribution in [3.05, 3.63) is 24.3 Å². The van der Waals surface area contributed by atoms with E-state index in [9.17, 15) is 14.4 Å². The van der Waals surface area contributed by atoms with Crippen LogP contribution < -0.4 is 10.6 Å². The summed E-state index contributed by atoms with van der Waals surface area (Å²) in [5.74, 6) is -1.41. The average Bonchev–Trinajstić information content (AvgIpc) is 3.25. The zero-order chi connectivity index (χ0) is 16.4. The van der Waals surface area contributed by atoms with Gasteiger partial charge in [-0.05, 0) is 56.4 Å². The first-order chi connectivity index (χ1) is 11.0. The molecule has 23 heavy (non-hydrogen) atoms. The Morgan fingerprint density at radius 2 is 1.22 bits per heavy atom. The van der Waals surface area contributed by atoms with Gasteiger partial charge in [-0.25, -0.2) is 0 Å². The third-order valence-corrected chi connectivity index (χ3v) is 4.52. The molecule has 1 aromatic carbocycles. The van der Waals surface area contributed by atoms with Crippen molar-refractivity contribution < 1.29 is 19.5 Å². The van der Waals surface area contributed by atoms with Gasteiger partial charge in [0.2, 0.25) is 11.8 Å². The lowest BCUT2D eigenvalue weighted by Gasteiger charge is -2.11. The lowest BCUT2D eigenvalue weighted by Crippen LogP contribution is -2.21. The molecule has 2 amide bonds. The number of rotatable bonds is 5. The smallest absolute Gasteiger partial charge is 0.306 e. The Hall–Kier alpha value is -2.37. The first kappa shape index (κ1) is 15.5. The number of hydrogen-bond acceptors (Lipinski definition) is 3. The maximum absolute atomic E-state index is 12.2. The molecule has 2 atom stereocenters. The van der Waals surface area contributed by atoms with E-state index < -0.39 is 11.9 Å². The summed E-state index contributed by atoms with van der Waals surface area (Å²) in [6, 6.07) is 6.99. The normalized spacial score (nSPS) is 23.3. The molecule has 0 aromatic heterocycles. The zero-order valence-corrected chi connectivity index (χ0v) is 12.7. The van der Waals surface area contributed by atoms with E-state index in [0.29, 0.717) is 30.6 Å². The van der Waals surface area contributed by atoms with Crippen molar-refractivity contribution in [3.63, 3.8) is 0 Å². The van der Waals surface area contributed by atoms with E-state index in [-0.39, 0.29) is 23.7 Å². The Morgan fingerprint density at radius 3 is 1.65 bits per heavy atom. The van der Waals surface area contributed by atoms with E-state index in [0.717, 1.165) is 12.8 Å². The lowest BCUT2D eigenvalue weighted by atomic mass is 10.0. The molecule has 1 aromatic rings. The molecule has 2 saturated carbocycles. The van der Waals surface area contributed by atoms with Crippen LogP contribution in [0.2, 0.25) is 0 Å². The number of amides is 2. The summed E-state index contributed by atoms with van der Waals surface area (Å²) in [5.41, 5.74) is 1.37. The number of carbonyl (C=O) groups excluding carboxylic acids is 2. The van der Waals surface area contributed by atoms with Gasteiger partial charge in [-0.3, -0.25) is 14.4 Å². The fourth-order valence-corrected chi connectivity index (χ4v) is 2.91. The maximum Gasteiger partial charge on any atom is 0.306 e. The highest BCUT2D eigenvalue weighted by Crippen LogP contribution is 2.32. The van der Waals surface area contributed by atoms with Crippen LogP contribution in [0.5, 0.6) is 0 Å². The number of nitrogens with one attached hydrogen (secondary N) is 2. The SMILES string of the molecule is O=C(Nc1ccc(NC(=O)[C@H]2CC[C@@H](C(=O)O)C2)cc1)C1CC1. The van der Waals surface area contributed by atoms with Crippen molar-refractivity contribution in [2.75, 3.05) is 10.6 Å². The molecule has 0 saturated heterocycles. The minimum atomic E-state index is -0.823. The van der Waals surface area contributed by atoms with Gasteiger partial charge < -0.3 is 15.7 Å². The molecule has 0 spiro atoms. The van der Waals surface area contributed by atoms with Crippen LogP contribution >= 0.6 is 0 Å². The van der Waals surface area contributed by atoms with Crippen LogP contribution in [0.15, 0.2) is 24.3 Å². The van der Waals surface area contributed by atoms with Crippen molar-refractivity contribution in [1.82, 2.24) is 0 Å². The van der Waals surface area contributed by atoms with Gasteiger partial charge >= 0.3 is 5.97 Å². The Kier molecular flexibility index (Phi) is 4.32. The summed E-state index contributed by atoms with van der Waals surface area (Å²) in [6.45, 7) is 0. The van der Waals surface area contributed by atoms with E-state index in [4.69, 9.17) is 5.11 Å². The summed E-state index contributed by atoms with van der Waals surface area (Å²) in [4.78, 5) is 34.8. The topological polar surface area (TPSA) is 95.5 Å². The van der Waals surface area contributed by atoms with Crippen LogP contribution in [0.1, 0.15) is 32.1 Å². The largest absolute Gasteiger partial charge is 0.481 e. The molecule has 3 rings (SSSR count). The number of aliphatic carboxylic acids is 1. The van der Waals surface area contributed by atoms with E-state index >= 15 is 0 Å². The molecular weight excluding hydrogens is 296 g/mol. The molecule has 6 heteroatoms. The van der Waals surface area contributed by atoms with Gasteiger partial charge in [0, 0.05) is 23.2 Å². The minimum absolute atomic E-state index is 0.0486. The van der Waals surface area contributed by atoms with Crippen molar-refractivity contribution in [1.29, 1.82) is 0 Å². The summed E-state index contributed by atoms with van der Waals surface area (Å²) in [7, 11) is 0. The Balaban J connectivity index is 1.52. The first-order valence-corrected chi connectivity index (χ1v) is 7.97. The first-order valence-electron chi connectivity index (χ1n) is 7.97. The number of carboxylic acids is 1. The van der Waals surface area contributed by atoms with Crippen LogP contribution in [0.4, 0.5) is 11.4 Å². The van der Waals surface area contributed by atoms with Gasteiger partial charge in [0.1, 0.15) is 0 Å². The third kappa shape index (κ3) is 3.88. The van der Waals surface area contributed by atoms with Gasteiger partial charge in [-0.2, -0.15) is 0 Å². The second-order valence-electron chi connectivity index (χ2n) is 6.38. The quantitative estimate of drug-likeness (QED) is 0.777.